The van der Waals surface area contributed by atoms with Gasteiger partial charge in [-0.3, -0.25) is 9.59 Å². The Balaban J connectivity index is 1.64. The fourth-order valence-corrected chi connectivity index (χ4v) is 3.82. The molecule has 0 spiro atoms. The summed E-state index contributed by atoms with van der Waals surface area (Å²) in [7, 11) is 1.54. The number of ether oxygens (including phenoxy) is 2. The zero-order chi connectivity index (χ0) is 22.2. The van der Waals surface area contributed by atoms with Gasteiger partial charge in [0.2, 0.25) is 11.8 Å². The van der Waals surface area contributed by atoms with Crippen molar-refractivity contribution in [2.75, 3.05) is 32.1 Å². The van der Waals surface area contributed by atoms with Crippen molar-refractivity contribution >= 4 is 35.2 Å². The van der Waals surface area contributed by atoms with Crippen LogP contribution in [-0.4, -0.2) is 43.5 Å². The van der Waals surface area contributed by atoms with Gasteiger partial charge in [0, 0.05) is 24.9 Å². The van der Waals surface area contributed by atoms with Gasteiger partial charge in [-0.1, -0.05) is 29.8 Å². The minimum atomic E-state index is -0.230. The third-order valence-corrected chi connectivity index (χ3v) is 5.38. The van der Waals surface area contributed by atoms with Gasteiger partial charge in [0.15, 0.2) is 11.5 Å². The fourth-order valence-electron chi connectivity index (χ4n) is 3.55. The van der Waals surface area contributed by atoms with E-state index < -0.39 is 0 Å². The second kappa shape index (κ2) is 10.9. The van der Waals surface area contributed by atoms with Crippen LogP contribution in [0.2, 0.25) is 5.02 Å². The molecule has 2 amide bonds. The van der Waals surface area contributed by atoms with E-state index in [1.807, 2.05) is 37.3 Å². The highest BCUT2D eigenvalue weighted by Crippen LogP contribution is 2.36. The third kappa shape index (κ3) is 6.01. The van der Waals surface area contributed by atoms with Crippen molar-refractivity contribution in [3.63, 3.8) is 0 Å². The quantitative estimate of drug-likeness (QED) is 0.634. The first-order valence-electron chi connectivity index (χ1n) is 10.3. The number of carbonyl (C=O) groups is 2. The summed E-state index contributed by atoms with van der Waals surface area (Å²) in [6.45, 7) is 3.37. The highest BCUT2D eigenvalue weighted by molar-refractivity contribution is 6.32. The molecule has 0 saturated carbocycles. The molecule has 1 N–H and O–H groups in total. The van der Waals surface area contributed by atoms with Gasteiger partial charge in [0.05, 0.1) is 24.7 Å². The summed E-state index contributed by atoms with van der Waals surface area (Å²) in [4.78, 5) is 27.0. The number of methoxy groups -OCH3 is 1. The van der Waals surface area contributed by atoms with Gasteiger partial charge < -0.3 is 19.7 Å². The molecule has 0 aromatic heterocycles. The maximum atomic E-state index is 12.7. The van der Waals surface area contributed by atoms with Crippen LogP contribution in [0.3, 0.4) is 0 Å². The number of piperidine rings is 1. The molecule has 2 aromatic rings. The average molecular weight is 443 g/mol. The number of hydrogen-bond acceptors (Lipinski definition) is 4. The van der Waals surface area contributed by atoms with Gasteiger partial charge >= 0.3 is 0 Å². The molecule has 1 fully saturated rings. The lowest BCUT2D eigenvalue weighted by molar-refractivity contribution is -0.130. The molecule has 0 unspecified atom stereocenters. The molecule has 1 aliphatic rings. The van der Waals surface area contributed by atoms with Crippen molar-refractivity contribution in [3.05, 3.63) is 59.1 Å². The topological polar surface area (TPSA) is 67.9 Å². The molecule has 31 heavy (non-hydrogen) atoms. The minimum Gasteiger partial charge on any atom is -0.493 e. The second-order valence-electron chi connectivity index (χ2n) is 7.28. The first-order chi connectivity index (χ1) is 15.0. The zero-order valence-corrected chi connectivity index (χ0v) is 18.5. The Kier molecular flexibility index (Phi) is 7.95. The average Bonchev–Trinajstić information content (AvgIpc) is 2.79. The molecule has 0 bridgehead atoms. The van der Waals surface area contributed by atoms with E-state index in [1.165, 1.54) is 6.08 Å². The van der Waals surface area contributed by atoms with Crippen LogP contribution < -0.4 is 14.8 Å². The lowest BCUT2D eigenvalue weighted by Crippen LogP contribution is -2.43. The Bertz CT molecular complexity index is 946. The van der Waals surface area contributed by atoms with E-state index in [1.54, 1.807) is 30.2 Å². The van der Waals surface area contributed by atoms with Crippen LogP contribution in [-0.2, 0) is 9.59 Å². The van der Waals surface area contributed by atoms with E-state index in [4.69, 9.17) is 21.1 Å². The first kappa shape index (κ1) is 22.7. The minimum absolute atomic E-state index is 0.0595. The lowest BCUT2D eigenvalue weighted by Gasteiger charge is -2.31. The normalized spacial score (nSPS) is 16.2. The summed E-state index contributed by atoms with van der Waals surface area (Å²) >= 11 is 6.30. The summed E-state index contributed by atoms with van der Waals surface area (Å²) in [5.41, 5.74) is 1.49. The highest BCUT2D eigenvalue weighted by Gasteiger charge is 2.27. The Morgan fingerprint density at radius 1 is 1.26 bits per heavy atom. The molecule has 1 atom stereocenters. The number of nitrogens with one attached hydrogen (secondary N) is 1. The van der Waals surface area contributed by atoms with Gasteiger partial charge in [0.25, 0.3) is 0 Å². The van der Waals surface area contributed by atoms with Crippen LogP contribution in [0.25, 0.3) is 6.08 Å². The van der Waals surface area contributed by atoms with Crippen molar-refractivity contribution in [1.29, 1.82) is 0 Å². The molecule has 3 rings (SSSR count). The SMILES string of the molecule is CCOc1c(Cl)cc(/C=C/C(=O)N2CCC[C@H](C(=O)Nc3ccccc3)C2)cc1OC. The summed E-state index contributed by atoms with van der Waals surface area (Å²) in [5, 5.41) is 3.35. The van der Waals surface area contributed by atoms with Gasteiger partial charge in [-0.2, -0.15) is 0 Å². The van der Waals surface area contributed by atoms with E-state index in [9.17, 15) is 9.59 Å². The number of para-hydroxylation sites is 1. The molecule has 1 aliphatic heterocycles. The number of likely N-dealkylation sites (tertiary alicyclic amines) is 1. The standard InChI is InChI=1S/C24H27ClN2O4/c1-3-31-23-20(25)14-17(15-21(23)30-2)11-12-22(28)27-13-7-8-18(16-27)24(29)26-19-9-5-4-6-10-19/h4-6,9-12,14-15,18H,3,7-8,13,16H2,1-2H3,(H,26,29)/b12-11+/t18-/m0/s1. The predicted molar refractivity (Wildman–Crippen MR) is 123 cm³/mol. The Hall–Kier alpha value is -2.99. The van der Waals surface area contributed by atoms with Gasteiger partial charge in [0.1, 0.15) is 0 Å². The fraction of sp³-hybridized carbons (Fsp3) is 0.333. The number of amides is 2. The molecular formula is C24H27ClN2O4. The molecule has 0 radical (unpaired) electrons. The maximum Gasteiger partial charge on any atom is 0.246 e. The van der Waals surface area contributed by atoms with Crippen LogP contribution >= 0.6 is 11.6 Å². The van der Waals surface area contributed by atoms with Crippen molar-refractivity contribution < 1.29 is 19.1 Å². The summed E-state index contributed by atoms with van der Waals surface area (Å²) < 4.78 is 10.9. The summed E-state index contributed by atoms with van der Waals surface area (Å²) in [6.07, 6.45) is 4.75. The third-order valence-electron chi connectivity index (χ3n) is 5.10. The van der Waals surface area contributed by atoms with Gasteiger partial charge in [-0.05, 0) is 55.7 Å². The van der Waals surface area contributed by atoms with Gasteiger partial charge in [-0.25, -0.2) is 0 Å². The second-order valence-corrected chi connectivity index (χ2v) is 7.69. The van der Waals surface area contributed by atoms with Crippen LogP contribution in [0.5, 0.6) is 11.5 Å². The van der Waals surface area contributed by atoms with E-state index >= 15 is 0 Å². The van der Waals surface area contributed by atoms with Crippen LogP contribution in [0.15, 0.2) is 48.5 Å². The number of halogens is 1. The predicted octanol–water partition coefficient (Wildman–Crippen LogP) is 4.64. The molecule has 7 heteroatoms. The Labute approximate surface area is 187 Å². The molecule has 6 nitrogen and oxygen atoms in total. The number of rotatable bonds is 7. The number of anilines is 1. The number of nitrogens with zero attached hydrogens (tertiary/aromatic N) is 1. The van der Waals surface area contributed by atoms with Crippen molar-refractivity contribution in [3.8, 4) is 11.5 Å². The molecule has 2 aromatic carbocycles. The van der Waals surface area contributed by atoms with Crippen LogP contribution in [0, 0.1) is 5.92 Å². The van der Waals surface area contributed by atoms with Crippen LogP contribution in [0.1, 0.15) is 25.3 Å². The first-order valence-corrected chi connectivity index (χ1v) is 10.7. The largest absolute Gasteiger partial charge is 0.493 e. The molecular weight excluding hydrogens is 416 g/mol. The van der Waals surface area contributed by atoms with E-state index in [0.29, 0.717) is 36.2 Å². The highest BCUT2D eigenvalue weighted by atomic mass is 35.5. The van der Waals surface area contributed by atoms with Crippen LogP contribution in [0.4, 0.5) is 5.69 Å². The number of carbonyl (C=O) groups excluding carboxylic acids is 2. The van der Waals surface area contributed by atoms with E-state index in [2.05, 4.69) is 5.32 Å². The maximum absolute atomic E-state index is 12.7. The number of hydrogen-bond donors (Lipinski definition) is 1. The smallest absolute Gasteiger partial charge is 0.246 e. The van der Waals surface area contributed by atoms with Crippen molar-refractivity contribution in [2.45, 2.75) is 19.8 Å². The zero-order valence-electron chi connectivity index (χ0n) is 17.8. The van der Waals surface area contributed by atoms with Crippen molar-refractivity contribution in [1.82, 2.24) is 4.90 Å². The lowest BCUT2D eigenvalue weighted by atomic mass is 9.97. The van der Waals surface area contributed by atoms with E-state index in [-0.39, 0.29) is 17.7 Å². The monoisotopic (exact) mass is 442 g/mol. The summed E-state index contributed by atoms with van der Waals surface area (Å²) in [5.74, 6) is 0.568. The van der Waals surface area contributed by atoms with E-state index in [0.717, 1.165) is 24.1 Å². The summed E-state index contributed by atoms with van der Waals surface area (Å²) in [6, 6.07) is 12.8. The Morgan fingerprint density at radius 3 is 2.74 bits per heavy atom. The van der Waals surface area contributed by atoms with Crippen molar-refractivity contribution in [2.24, 2.45) is 5.92 Å². The Morgan fingerprint density at radius 2 is 2.03 bits per heavy atom. The number of benzene rings is 2. The molecule has 1 heterocycles. The molecule has 1 saturated heterocycles. The molecule has 0 aliphatic carbocycles. The molecule has 164 valence electrons. The van der Waals surface area contributed by atoms with Gasteiger partial charge in [-0.15, -0.1) is 0 Å².